The molecular weight excluding hydrogens is 238 g/mol. The van der Waals surface area contributed by atoms with Crippen molar-refractivity contribution < 1.29 is 4.79 Å². The van der Waals surface area contributed by atoms with Crippen molar-refractivity contribution in [2.24, 2.45) is 0 Å². The molecule has 1 rings (SSSR count). The van der Waals surface area contributed by atoms with Gasteiger partial charge in [-0.15, -0.1) is 0 Å². The Bertz CT molecular complexity index is 431. The summed E-state index contributed by atoms with van der Waals surface area (Å²) in [6, 6.07) is 3.46. The van der Waals surface area contributed by atoms with E-state index >= 15 is 0 Å². The topological polar surface area (TPSA) is 68.0 Å². The molecule has 1 aromatic heterocycles. The highest BCUT2D eigenvalue weighted by molar-refractivity contribution is 5.95. The molecule has 0 atom stereocenters. The third-order valence-electron chi connectivity index (χ3n) is 3.93. The van der Waals surface area contributed by atoms with E-state index in [1.807, 2.05) is 13.0 Å². The molecule has 4 heteroatoms. The van der Waals surface area contributed by atoms with E-state index < -0.39 is 0 Å². The second-order valence-electron chi connectivity index (χ2n) is 4.92. The van der Waals surface area contributed by atoms with Crippen LogP contribution in [0.5, 0.6) is 0 Å². The average molecular weight is 263 g/mol. The van der Waals surface area contributed by atoms with Gasteiger partial charge in [0, 0.05) is 16.8 Å². The van der Waals surface area contributed by atoms with E-state index in [1.54, 1.807) is 6.07 Å². The normalized spacial score (nSPS) is 11.4. The van der Waals surface area contributed by atoms with Crippen LogP contribution in [0.1, 0.15) is 63.0 Å². The lowest BCUT2D eigenvalue weighted by Gasteiger charge is -2.31. The third kappa shape index (κ3) is 3.69. The number of hydrogen-bond donors (Lipinski definition) is 2. The summed E-state index contributed by atoms with van der Waals surface area (Å²) in [5.74, 6) is 0.342. The largest absolute Gasteiger partial charge is 0.384 e. The summed E-state index contributed by atoms with van der Waals surface area (Å²) in [5.41, 5.74) is 7.07. The van der Waals surface area contributed by atoms with Crippen molar-refractivity contribution in [2.75, 3.05) is 5.73 Å². The molecule has 0 radical (unpaired) electrons. The van der Waals surface area contributed by atoms with Crippen LogP contribution in [0.15, 0.2) is 12.1 Å². The van der Waals surface area contributed by atoms with Crippen LogP contribution >= 0.6 is 0 Å². The van der Waals surface area contributed by atoms with E-state index in [1.165, 1.54) is 0 Å². The Kier molecular flexibility index (Phi) is 5.33. The number of nitrogens with one attached hydrogen (secondary N) is 1. The summed E-state index contributed by atoms with van der Waals surface area (Å²) >= 11 is 0. The molecule has 0 fully saturated rings. The highest BCUT2D eigenvalue weighted by Crippen LogP contribution is 2.20. The second kappa shape index (κ2) is 6.55. The fourth-order valence-corrected chi connectivity index (χ4v) is 2.25. The average Bonchev–Trinajstić information content (AvgIpc) is 2.44. The summed E-state index contributed by atoms with van der Waals surface area (Å²) in [6.07, 6.45) is 3.54. The maximum absolute atomic E-state index is 12.4. The van der Waals surface area contributed by atoms with Gasteiger partial charge in [0.2, 0.25) is 0 Å². The molecule has 19 heavy (non-hydrogen) atoms. The SMILES string of the molecule is CCc1cc(C(=O)NC(CC)(CC)CC)cc(N)n1. The molecule has 0 aromatic carbocycles. The van der Waals surface area contributed by atoms with Crippen molar-refractivity contribution in [2.45, 2.75) is 58.9 Å². The Morgan fingerprint density at radius 3 is 2.26 bits per heavy atom. The second-order valence-corrected chi connectivity index (χ2v) is 4.92. The molecule has 0 aliphatic carbocycles. The first-order valence-corrected chi connectivity index (χ1v) is 7.09. The number of anilines is 1. The molecule has 0 bridgehead atoms. The molecule has 0 aliphatic heterocycles. The number of aryl methyl sites for hydroxylation is 1. The maximum Gasteiger partial charge on any atom is 0.251 e. The lowest BCUT2D eigenvalue weighted by atomic mass is 9.89. The number of hydrogen-bond acceptors (Lipinski definition) is 3. The smallest absolute Gasteiger partial charge is 0.251 e. The molecule has 0 aliphatic rings. The molecule has 0 saturated heterocycles. The van der Waals surface area contributed by atoms with Crippen molar-refractivity contribution in [3.8, 4) is 0 Å². The monoisotopic (exact) mass is 263 g/mol. The zero-order valence-corrected chi connectivity index (χ0v) is 12.4. The highest BCUT2D eigenvalue weighted by Gasteiger charge is 2.26. The van der Waals surface area contributed by atoms with Crippen molar-refractivity contribution in [1.29, 1.82) is 0 Å². The Morgan fingerprint density at radius 2 is 1.79 bits per heavy atom. The molecule has 4 nitrogen and oxygen atoms in total. The van der Waals surface area contributed by atoms with Crippen LogP contribution in [-0.2, 0) is 6.42 Å². The van der Waals surface area contributed by atoms with Gasteiger partial charge in [-0.2, -0.15) is 0 Å². The van der Waals surface area contributed by atoms with Gasteiger partial charge in [0.05, 0.1) is 0 Å². The van der Waals surface area contributed by atoms with Crippen molar-refractivity contribution >= 4 is 11.7 Å². The lowest BCUT2D eigenvalue weighted by Crippen LogP contribution is -2.47. The minimum Gasteiger partial charge on any atom is -0.384 e. The van der Waals surface area contributed by atoms with E-state index in [4.69, 9.17) is 5.73 Å². The first kappa shape index (κ1) is 15.5. The molecule has 1 aromatic rings. The van der Waals surface area contributed by atoms with Crippen LogP contribution < -0.4 is 11.1 Å². The fraction of sp³-hybridized carbons (Fsp3) is 0.600. The van der Waals surface area contributed by atoms with Crippen molar-refractivity contribution in [3.63, 3.8) is 0 Å². The van der Waals surface area contributed by atoms with E-state index in [9.17, 15) is 4.79 Å². The Morgan fingerprint density at radius 1 is 1.21 bits per heavy atom. The van der Waals surface area contributed by atoms with E-state index in [0.717, 1.165) is 31.4 Å². The van der Waals surface area contributed by atoms with Gasteiger partial charge in [0.25, 0.3) is 5.91 Å². The first-order valence-electron chi connectivity index (χ1n) is 7.09. The van der Waals surface area contributed by atoms with E-state index in [2.05, 4.69) is 31.1 Å². The first-order chi connectivity index (χ1) is 9.00. The molecule has 0 unspecified atom stereocenters. The van der Waals surface area contributed by atoms with Crippen molar-refractivity contribution in [1.82, 2.24) is 10.3 Å². The van der Waals surface area contributed by atoms with Gasteiger partial charge in [-0.1, -0.05) is 27.7 Å². The van der Waals surface area contributed by atoms with Gasteiger partial charge < -0.3 is 11.1 Å². The van der Waals surface area contributed by atoms with Gasteiger partial charge >= 0.3 is 0 Å². The molecule has 1 heterocycles. The van der Waals surface area contributed by atoms with Crippen LogP contribution in [0.2, 0.25) is 0 Å². The molecule has 3 N–H and O–H groups in total. The Labute approximate surface area is 115 Å². The minimum atomic E-state index is -0.124. The van der Waals surface area contributed by atoms with Gasteiger partial charge in [0.15, 0.2) is 0 Å². The van der Waals surface area contributed by atoms with E-state index in [-0.39, 0.29) is 11.4 Å². The predicted octanol–water partition coefficient (Wildman–Crippen LogP) is 2.92. The predicted molar refractivity (Wildman–Crippen MR) is 79.1 cm³/mol. The van der Waals surface area contributed by atoms with Gasteiger partial charge in [0.1, 0.15) is 5.82 Å². The molecule has 1 amide bonds. The number of carbonyl (C=O) groups excluding carboxylic acids is 1. The van der Waals surface area contributed by atoms with E-state index in [0.29, 0.717) is 11.4 Å². The van der Waals surface area contributed by atoms with Gasteiger partial charge in [-0.05, 0) is 37.8 Å². The molecular formula is C15H25N3O. The number of carbonyl (C=O) groups is 1. The summed E-state index contributed by atoms with van der Waals surface area (Å²) in [5, 5.41) is 3.15. The number of nitrogen functional groups attached to an aromatic ring is 1. The number of nitrogens with zero attached hydrogens (tertiary/aromatic N) is 1. The summed E-state index contributed by atoms with van der Waals surface area (Å²) in [7, 11) is 0. The minimum absolute atomic E-state index is 0.0608. The van der Waals surface area contributed by atoms with Crippen LogP contribution in [0, 0.1) is 0 Å². The number of aromatic nitrogens is 1. The number of amides is 1. The third-order valence-corrected chi connectivity index (χ3v) is 3.93. The number of rotatable bonds is 6. The number of pyridine rings is 1. The van der Waals surface area contributed by atoms with Gasteiger partial charge in [-0.25, -0.2) is 4.98 Å². The summed E-state index contributed by atoms with van der Waals surface area (Å²) in [4.78, 5) is 16.6. The fourth-order valence-electron chi connectivity index (χ4n) is 2.25. The quantitative estimate of drug-likeness (QED) is 0.829. The molecule has 0 spiro atoms. The van der Waals surface area contributed by atoms with Crippen LogP contribution in [0.25, 0.3) is 0 Å². The summed E-state index contributed by atoms with van der Waals surface area (Å²) < 4.78 is 0. The highest BCUT2D eigenvalue weighted by atomic mass is 16.1. The standard InChI is InChI=1S/C15H25N3O/c1-5-12-9-11(10-13(16)17-12)14(19)18-15(6-2,7-3)8-4/h9-10H,5-8H2,1-4H3,(H2,16,17)(H,18,19). The Hall–Kier alpha value is -1.58. The van der Waals surface area contributed by atoms with Gasteiger partial charge in [-0.3, -0.25) is 4.79 Å². The zero-order chi connectivity index (χ0) is 14.5. The molecule has 106 valence electrons. The zero-order valence-electron chi connectivity index (χ0n) is 12.4. The Balaban J connectivity index is 2.97. The lowest BCUT2D eigenvalue weighted by molar-refractivity contribution is 0.0888. The van der Waals surface area contributed by atoms with Crippen LogP contribution in [0.4, 0.5) is 5.82 Å². The maximum atomic E-state index is 12.4. The summed E-state index contributed by atoms with van der Waals surface area (Å²) in [6.45, 7) is 8.31. The molecule has 0 saturated carbocycles. The van der Waals surface area contributed by atoms with Crippen molar-refractivity contribution in [3.05, 3.63) is 23.4 Å². The van der Waals surface area contributed by atoms with Crippen LogP contribution in [-0.4, -0.2) is 16.4 Å². The van der Waals surface area contributed by atoms with Crippen LogP contribution in [0.3, 0.4) is 0 Å². The number of nitrogens with two attached hydrogens (primary N) is 1.